The number of halogens is 1. The SMILES string of the molecule is CCCCCCC=C1CCCCN1CCCC.Cl. The van der Waals surface area contributed by atoms with Crippen LogP contribution < -0.4 is 0 Å². The fourth-order valence-electron chi connectivity index (χ4n) is 2.59. The zero-order valence-corrected chi connectivity index (χ0v) is 13.2. The molecule has 0 N–H and O–H groups in total. The van der Waals surface area contributed by atoms with Crippen molar-refractivity contribution in [3.63, 3.8) is 0 Å². The third kappa shape index (κ3) is 7.31. The van der Waals surface area contributed by atoms with Crippen molar-refractivity contribution in [2.24, 2.45) is 0 Å². The normalized spacial score (nSPS) is 17.9. The maximum absolute atomic E-state index is 2.65. The highest BCUT2D eigenvalue weighted by molar-refractivity contribution is 5.85. The molecule has 0 unspecified atom stereocenters. The average molecular weight is 274 g/mol. The topological polar surface area (TPSA) is 3.24 Å². The van der Waals surface area contributed by atoms with Gasteiger partial charge in [-0.25, -0.2) is 0 Å². The second-order valence-corrected chi connectivity index (χ2v) is 5.34. The highest BCUT2D eigenvalue weighted by Gasteiger charge is 2.13. The molecule has 0 amide bonds. The lowest BCUT2D eigenvalue weighted by atomic mass is 10.0. The van der Waals surface area contributed by atoms with Gasteiger partial charge in [-0.2, -0.15) is 0 Å². The predicted octanol–water partition coefficient (Wildman–Crippen LogP) is 5.55. The second kappa shape index (κ2) is 11.9. The first-order valence-electron chi connectivity index (χ1n) is 7.82. The first-order chi connectivity index (χ1) is 8.38. The molecule has 1 aliphatic rings. The van der Waals surface area contributed by atoms with Crippen LogP contribution in [0.5, 0.6) is 0 Å². The Hall–Kier alpha value is -0.170. The van der Waals surface area contributed by atoms with E-state index in [0.29, 0.717) is 0 Å². The van der Waals surface area contributed by atoms with E-state index >= 15 is 0 Å². The molecule has 0 bridgehead atoms. The summed E-state index contributed by atoms with van der Waals surface area (Å²) in [5.74, 6) is 0. The summed E-state index contributed by atoms with van der Waals surface area (Å²) >= 11 is 0. The lowest BCUT2D eigenvalue weighted by Gasteiger charge is -2.32. The monoisotopic (exact) mass is 273 g/mol. The summed E-state index contributed by atoms with van der Waals surface area (Å²) in [4.78, 5) is 2.65. The smallest absolute Gasteiger partial charge is 0.0175 e. The Balaban J connectivity index is 0.00000289. The van der Waals surface area contributed by atoms with Crippen LogP contribution in [-0.2, 0) is 0 Å². The molecule has 0 saturated carbocycles. The molecule has 1 saturated heterocycles. The third-order valence-corrected chi connectivity index (χ3v) is 3.74. The molecule has 0 aromatic carbocycles. The highest BCUT2D eigenvalue weighted by atomic mass is 35.5. The molecule has 1 aliphatic heterocycles. The van der Waals surface area contributed by atoms with Crippen molar-refractivity contribution >= 4 is 12.4 Å². The van der Waals surface area contributed by atoms with E-state index in [-0.39, 0.29) is 12.4 Å². The zero-order valence-electron chi connectivity index (χ0n) is 12.4. The number of likely N-dealkylation sites (tertiary alicyclic amines) is 1. The van der Waals surface area contributed by atoms with Gasteiger partial charge in [-0.1, -0.05) is 45.6 Å². The van der Waals surface area contributed by atoms with Crippen LogP contribution >= 0.6 is 12.4 Å². The predicted molar refractivity (Wildman–Crippen MR) is 84.4 cm³/mol. The fourth-order valence-corrected chi connectivity index (χ4v) is 2.59. The van der Waals surface area contributed by atoms with Gasteiger partial charge >= 0.3 is 0 Å². The van der Waals surface area contributed by atoms with Crippen molar-refractivity contribution in [2.45, 2.75) is 78.1 Å². The van der Waals surface area contributed by atoms with E-state index in [4.69, 9.17) is 0 Å². The van der Waals surface area contributed by atoms with Crippen molar-refractivity contribution in [2.75, 3.05) is 13.1 Å². The molecule has 1 fully saturated rings. The summed E-state index contributed by atoms with van der Waals surface area (Å²) in [6.07, 6.45) is 16.2. The van der Waals surface area contributed by atoms with E-state index in [9.17, 15) is 0 Å². The molecular formula is C16H32ClN. The van der Waals surface area contributed by atoms with Crippen LogP contribution in [-0.4, -0.2) is 18.0 Å². The minimum absolute atomic E-state index is 0. The Morgan fingerprint density at radius 2 is 1.78 bits per heavy atom. The largest absolute Gasteiger partial charge is 0.375 e. The minimum atomic E-state index is 0. The molecule has 0 aromatic heterocycles. The number of unbranched alkanes of at least 4 members (excludes halogenated alkanes) is 5. The van der Waals surface area contributed by atoms with Crippen LogP contribution in [0.2, 0.25) is 0 Å². The number of piperidine rings is 1. The van der Waals surface area contributed by atoms with Crippen molar-refractivity contribution in [3.8, 4) is 0 Å². The van der Waals surface area contributed by atoms with E-state index in [1.807, 2.05) is 0 Å². The van der Waals surface area contributed by atoms with Crippen LogP contribution in [0.15, 0.2) is 11.8 Å². The molecular weight excluding hydrogens is 242 g/mol. The number of nitrogens with zero attached hydrogens (tertiary/aromatic N) is 1. The molecule has 0 radical (unpaired) electrons. The van der Waals surface area contributed by atoms with Gasteiger partial charge in [0.1, 0.15) is 0 Å². The van der Waals surface area contributed by atoms with Crippen molar-refractivity contribution < 1.29 is 0 Å². The molecule has 2 heteroatoms. The molecule has 0 aromatic rings. The Bertz CT molecular complexity index is 213. The minimum Gasteiger partial charge on any atom is -0.375 e. The first-order valence-corrected chi connectivity index (χ1v) is 7.82. The van der Waals surface area contributed by atoms with Gasteiger partial charge in [-0.05, 0) is 38.5 Å². The van der Waals surface area contributed by atoms with Crippen molar-refractivity contribution in [1.82, 2.24) is 4.90 Å². The van der Waals surface area contributed by atoms with Gasteiger partial charge in [0, 0.05) is 18.8 Å². The maximum atomic E-state index is 2.65. The molecule has 1 rings (SSSR count). The van der Waals surface area contributed by atoms with Crippen LogP contribution in [0.4, 0.5) is 0 Å². The van der Waals surface area contributed by atoms with Crippen LogP contribution in [0, 0.1) is 0 Å². The fraction of sp³-hybridized carbons (Fsp3) is 0.875. The van der Waals surface area contributed by atoms with E-state index in [1.165, 1.54) is 77.3 Å². The Labute approximate surface area is 120 Å². The van der Waals surface area contributed by atoms with Crippen molar-refractivity contribution in [3.05, 3.63) is 11.8 Å². The number of rotatable bonds is 8. The van der Waals surface area contributed by atoms with Gasteiger partial charge in [0.05, 0.1) is 0 Å². The van der Waals surface area contributed by atoms with E-state index in [1.54, 1.807) is 5.70 Å². The number of hydrogen-bond donors (Lipinski definition) is 0. The van der Waals surface area contributed by atoms with E-state index in [0.717, 1.165) is 0 Å². The standard InChI is InChI=1S/C16H31N.ClH/c1-3-5-7-8-9-12-16-13-10-11-15-17(16)14-6-4-2;/h12H,3-11,13-15H2,1-2H3;1H. The third-order valence-electron chi connectivity index (χ3n) is 3.74. The molecule has 108 valence electrons. The van der Waals surface area contributed by atoms with E-state index < -0.39 is 0 Å². The van der Waals surface area contributed by atoms with Crippen LogP contribution in [0.25, 0.3) is 0 Å². The molecule has 1 heterocycles. The van der Waals surface area contributed by atoms with Gasteiger partial charge in [0.15, 0.2) is 0 Å². The van der Waals surface area contributed by atoms with Crippen molar-refractivity contribution in [1.29, 1.82) is 0 Å². The van der Waals surface area contributed by atoms with Gasteiger partial charge in [0.25, 0.3) is 0 Å². The van der Waals surface area contributed by atoms with Gasteiger partial charge in [0.2, 0.25) is 0 Å². The van der Waals surface area contributed by atoms with Gasteiger partial charge in [-0.3, -0.25) is 0 Å². The quantitative estimate of drug-likeness (QED) is 0.524. The van der Waals surface area contributed by atoms with E-state index in [2.05, 4.69) is 24.8 Å². The summed E-state index contributed by atoms with van der Waals surface area (Å²) in [6.45, 7) is 7.17. The number of allylic oxidation sites excluding steroid dienone is 2. The molecule has 1 nitrogen and oxygen atoms in total. The maximum Gasteiger partial charge on any atom is 0.0175 e. The Kier molecular flexibility index (Phi) is 11.8. The lowest BCUT2D eigenvalue weighted by Crippen LogP contribution is -2.28. The van der Waals surface area contributed by atoms with Crippen LogP contribution in [0.1, 0.15) is 78.1 Å². The molecule has 0 atom stereocenters. The lowest BCUT2D eigenvalue weighted by molar-refractivity contribution is 0.284. The van der Waals surface area contributed by atoms with Gasteiger partial charge < -0.3 is 4.90 Å². The summed E-state index contributed by atoms with van der Waals surface area (Å²) in [5.41, 5.74) is 1.65. The van der Waals surface area contributed by atoms with Gasteiger partial charge in [-0.15, -0.1) is 12.4 Å². The summed E-state index contributed by atoms with van der Waals surface area (Å²) < 4.78 is 0. The molecule has 0 aliphatic carbocycles. The summed E-state index contributed by atoms with van der Waals surface area (Å²) in [6, 6.07) is 0. The van der Waals surface area contributed by atoms with Crippen LogP contribution in [0.3, 0.4) is 0 Å². The Morgan fingerprint density at radius 1 is 1.00 bits per heavy atom. The summed E-state index contributed by atoms with van der Waals surface area (Å²) in [5, 5.41) is 0. The summed E-state index contributed by atoms with van der Waals surface area (Å²) in [7, 11) is 0. The average Bonchev–Trinajstić information content (AvgIpc) is 2.37. The first kappa shape index (κ1) is 17.8. The molecule has 18 heavy (non-hydrogen) atoms. The highest BCUT2D eigenvalue weighted by Crippen LogP contribution is 2.22. The Morgan fingerprint density at radius 3 is 2.50 bits per heavy atom. The number of hydrogen-bond acceptors (Lipinski definition) is 1. The second-order valence-electron chi connectivity index (χ2n) is 5.34. The zero-order chi connectivity index (χ0) is 12.3. The molecule has 0 spiro atoms.